The summed E-state index contributed by atoms with van der Waals surface area (Å²) >= 11 is 0. The van der Waals surface area contributed by atoms with E-state index < -0.39 is 28.2 Å². The molecule has 2 atom stereocenters. The predicted molar refractivity (Wildman–Crippen MR) is 46.5 cm³/mol. The predicted octanol–water partition coefficient (Wildman–Crippen LogP) is -1.10. The summed E-state index contributed by atoms with van der Waals surface area (Å²) in [5.74, 6) is 0. The van der Waals surface area contributed by atoms with E-state index in [1.165, 1.54) is 0 Å². The van der Waals surface area contributed by atoms with E-state index in [0.29, 0.717) is 6.54 Å². The van der Waals surface area contributed by atoms with Crippen LogP contribution in [0, 0.1) is 0 Å². The summed E-state index contributed by atoms with van der Waals surface area (Å²) in [4.78, 5) is 0. The van der Waals surface area contributed by atoms with Gasteiger partial charge in [0.15, 0.2) is 5.44 Å². The lowest BCUT2D eigenvalue weighted by Gasteiger charge is -2.14. The van der Waals surface area contributed by atoms with Crippen molar-refractivity contribution in [2.45, 2.75) is 31.4 Å². The highest BCUT2D eigenvalue weighted by atomic mass is 32.2. The van der Waals surface area contributed by atoms with Crippen molar-refractivity contribution < 1.29 is 23.2 Å². The minimum Gasteiger partial charge on any atom is -0.378 e. The molecule has 0 aromatic heterocycles. The van der Waals surface area contributed by atoms with E-state index in [1.807, 2.05) is 6.92 Å². The fourth-order valence-corrected chi connectivity index (χ4v) is 1.13. The lowest BCUT2D eigenvalue weighted by molar-refractivity contribution is 0.0866. The first-order chi connectivity index (χ1) is 5.88. The highest BCUT2D eigenvalue weighted by molar-refractivity contribution is 7.86. The van der Waals surface area contributed by atoms with Gasteiger partial charge in [0.05, 0.1) is 0 Å². The van der Waals surface area contributed by atoms with Crippen molar-refractivity contribution in [1.29, 1.82) is 0 Å². The number of rotatable bonds is 6. The molecular formula is C6H15NO5S. The summed E-state index contributed by atoms with van der Waals surface area (Å²) in [5.41, 5.74) is -1.94. The molecular weight excluding hydrogens is 198 g/mol. The molecule has 0 saturated heterocycles. The SMILES string of the molecule is CCCNC(O)CC(O)S(=O)(=O)O. The number of aliphatic hydroxyl groups is 2. The van der Waals surface area contributed by atoms with Gasteiger partial charge in [0.2, 0.25) is 0 Å². The van der Waals surface area contributed by atoms with E-state index >= 15 is 0 Å². The number of aliphatic hydroxyl groups excluding tert-OH is 2. The molecule has 0 radical (unpaired) electrons. The van der Waals surface area contributed by atoms with Crippen LogP contribution in [-0.2, 0) is 10.1 Å². The molecule has 0 aliphatic carbocycles. The van der Waals surface area contributed by atoms with Gasteiger partial charge in [-0.1, -0.05) is 6.92 Å². The van der Waals surface area contributed by atoms with E-state index in [9.17, 15) is 8.42 Å². The molecule has 0 spiro atoms. The molecule has 0 fully saturated rings. The number of hydrogen-bond acceptors (Lipinski definition) is 5. The van der Waals surface area contributed by atoms with Crippen LogP contribution in [-0.4, -0.2) is 41.4 Å². The van der Waals surface area contributed by atoms with E-state index in [0.717, 1.165) is 6.42 Å². The van der Waals surface area contributed by atoms with Crippen LogP contribution in [0.2, 0.25) is 0 Å². The Labute approximate surface area is 77.3 Å². The summed E-state index contributed by atoms with van der Waals surface area (Å²) in [6, 6.07) is 0. The fourth-order valence-electron chi connectivity index (χ4n) is 0.707. The largest absolute Gasteiger partial charge is 0.378 e. The van der Waals surface area contributed by atoms with Gasteiger partial charge in [-0.3, -0.25) is 9.87 Å². The maximum absolute atomic E-state index is 10.3. The Hall–Kier alpha value is -0.210. The van der Waals surface area contributed by atoms with Crippen LogP contribution in [0.4, 0.5) is 0 Å². The van der Waals surface area contributed by atoms with Crippen LogP contribution in [0.3, 0.4) is 0 Å². The maximum Gasteiger partial charge on any atom is 0.292 e. The minimum absolute atomic E-state index is 0.446. The summed E-state index contributed by atoms with van der Waals surface area (Å²) in [7, 11) is -4.47. The van der Waals surface area contributed by atoms with Gasteiger partial charge >= 0.3 is 0 Å². The van der Waals surface area contributed by atoms with Gasteiger partial charge in [0, 0.05) is 6.42 Å². The molecule has 0 aliphatic rings. The average molecular weight is 213 g/mol. The maximum atomic E-state index is 10.3. The minimum atomic E-state index is -4.47. The van der Waals surface area contributed by atoms with E-state index in [2.05, 4.69) is 5.32 Å². The van der Waals surface area contributed by atoms with Gasteiger partial charge in [-0.15, -0.1) is 0 Å². The molecule has 0 bridgehead atoms. The summed E-state index contributed by atoms with van der Waals surface area (Å²) in [6.07, 6.45) is -0.797. The second-order valence-corrected chi connectivity index (χ2v) is 4.25. The number of hydrogen-bond donors (Lipinski definition) is 4. The second-order valence-electron chi connectivity index (χ2n) is 2.68. The molecule has 13 heavy (non-hydrogen) atoms. The van der Waals surface area contributed by atoms with Crippen molar-refractivity contribution in [3.8, 4) is 0 Å². The van der Waals surface area contributed by atoms with Gasteiger partial charge in [0.25, 0.3) is 10.1 Å². The van der Waals surface area contributed by atoms with E-state index in [4.69, 9.17) is 14.8 Å². The molecule has 0 rings (SSSR count). The Morgan fingerprint density at radius 1 is 1.38 bits per heavy atom. The Morgan fingerprint density at radius 3 is 2.31 bits per heavy atom. The molecule has 6 nitrogen and oxygen atoms in total. The van der Waals surface area contributed by atoms with Gasteiger partial charge in [-0.25, -0.2) is 0 Å². The van der Waals surface area contributed by atoms with Crippen molar-refractivity contribution in [2.75, 3.05) is 6.54 Å². The molecule has 0 aromatic rings. The molecule has 0 aromatic carbocycles. The first kappa shape index (κ1) is 12.8. The molecule has 0 aliphatic heterocycles. The average Bonchev–Trinajstić information content (AvgIpc) is 1.99. The highest BCUT2D eigenvalue weighted by Gasteiger charge is 2.22. The molecule has 0 heterocycles. The molecule has 7 heteroatoms. The van der Waals surface area contributed by atoms with Gasteiger partial charge < -0.3 is 10.2 Å². The second kappa shape index (κ2) is 5.51. The summed E-state index contributed by atoms with van der Waals surface area (Å²) in [6.45, 7) is 2.39. The third kappa shape index (κ3) is 5.94. The van der Waals surface area contributed by atoms with Gasteiger partial charge in [0.1, 0.15) is 6.23 Å². The lowest BCUT2D eigenvalue weighted by Crippen LogP contribution is -2.35. The molecule has 2 unspecified atom stereocenters. The van der Waals surface area contributed by atoms with Crippen LogP contribution in [0.1, 0.15) is 19.8 Å². The Kier molecular flexibility index (Phi) is 5.42. The van der Waals surface area contributed by atoms with Crippen molar-refractivity contribution >= 4 is 10.1 Å². The normalized spacial score (nSPS) is 16.9. The topological polar surface area (TPSA) is 107 Å². The Bertz CT molecular complexity index is 227. The van der Waals surface area contributed by atoms with Crippen molar-refractivity contribution in [2.24, 2.45) is 0 Å². The Morgan fingerprint density at radius 2 is 1.92 bits per heavy atom. The molecule has 0 amide bonds. The molecule has 0 saturated carbocycles. The van der Waals surface area contributed by atoms with Gasteiger partial charge in [-0.2, -0.15) is 8.42 Å². The Balaban J connectivity index is 3.85. The van der Waals surface area contributed by atoms with Crippen molar-refractivity contribution in [3.63, 3.8) is 0 Å². The fraction of sp³-hybridized carbons (Fsp3) is 1.00. The van der Waals surface area contributed by atoms with Crippen LogP contribution in [0.15, 0.2) is 0 Å². The monoisotopic (exact) mass is 213 g/mol. The van der Waals surface area contributed by atoms with Crippen molar-refractivity contribution in [3.05, 3.63) is 0 Å². The zero-order valence-electron chi connectivity index (χ0n) is 7.34. The number of nitrogens with one attached hydrogen (secondary N) is 1. The highest BCUT2D eigenvalue weighted by Crippen LogP contribution is 2.02. The quantitative estimate of drug-likeness (QED) is 0.329. The lowest BCUT2D eigenvalue weighted by atomic mass is 10.4. The van der Waals surface area contributed by atoms with Gasteiger partial charge in [-0.05, 0) is 13.0 Å². The first-order valence-corrected chi connectivity index (χ1v) is 5.44. The molecule has 80 valence electrons. The van der Waals surface area contributed by atoms with Crippen LogP contribution >= 0.6 is 0 Å². The third-order valence-corrected chi connectivity index (χ3v) is 2.28. The summed E-state index contributed by atoms with van der Waals surface area (Å²) < 4.78 is 29.0. The van der Waals surface area contributed by atoms with E-state index in [1.54, 1.807) is 0 Å². The van der Waals surface area contributed by atoms with Crippen LogP contribution < -0.4 is 5.32 Å². The van der Waals surface area contributed by atoms with E-state index in [-0.39, 0.29) is 0 Å². The first-order valence-electron chi connectivity index (χ1n) is 3.93. The standard InChI is InChI=1S/C6H15NO5S/c1-2-3-7-5(8)4-6(9)13(10,11)12/h5-9H,2-4H2,1H3,(H,10,11,12). The van der Waals surface area contributed by atoms with Crippen LogP contribution in [0.25, 0.3) is 0 Å². The zero-order valence-corrected chi connectivity index (χ0v) is 8.16. The third-order valence-electron chi connectivity index (χ3n) is 1.40. The smallest absolute Gasteiger partial charge is 0.292 e. The van der Waals surface area contributed by atoms with Crippen molar-refractivity contribution in [1.82, 2.24) is 5.32 Å². The summed E-state index contributed by atoms with van der Waals surface area (Å²) in [5, 5.41) is 20.4. The molecule has 4 N–H and O–H groups in total. The van der Waals surface area contributed by atoms with Crippen LogP contribution in [0.5, 0.6) is 0 Å². The zero-order chi connectivity index (χ0) is 10.5.